The third kappa shape index (κ3) is 3.80. The third-order valence-corrected chi connectivity index (χ3v) is 7.55. The smallest absolute Gasteiger partial charge is 0.249 e. The Hall–Kier alpha value is -2.88. The van der Waals surface area contributed by atoms with Crippen molar-refractivity contribution in [3.05, 3.63) is 84.1 Å². The van der Waals surface area contributed by atoms with Crippen LogP contribution in [0.4, 0.5) is 4.39 Å². The second-order valence-electron chi connectivity index (χ2n) is 7.69. The van der Waals surface area contributed by atoms with Crippen LogP contribution in [0.5, 0.6) is 5.88 Å². The fraction of sp³-hybridized carbons (Fsp3) is 0.273. The second-order valence-corrected chi connectivity index (χ2v) is 9.55. The lowest BCUT2D eigenvalue weighted by Gasteiger charge is -2.27. The van der Waals surface area contributed by atoms with E-state index in [4.69, 9.17) is 4.74 Å². The molecule has 2 unspecified atom stereocenters. The van der Waals surface area contributed by atoms with Gasteiger partial charge in [0.05, 0.1) is 18.3 Å². The van der Waals surface area contributed by atoms with E-state index >= 15 is 0 Å². The molecule has 31 heavy (non-hydrogen) atoms. The second kappa shape index (κ2) is 7.99. The van der Waals surface area contributed by atoms with Gasteiger partial charge in [-0.05, 0) is 30.3 Å². The van der Waals surface area contributed by atoms with E-state index < -0.39 is 22.2 Å². The van der Waals surface area contributed by atoms with Crippen LogP contribution < -0.4 is 4.74 Å². The molecule has 0 saturated carbocycles. The Morgan fingerprint density at radius 2 is 1.77 bits per heavy atom. The summed E-state index contributed by atoms with van der Waals surface area (Å²) in [6, 6.07) is 14.7. The summed E-state index contributed by atoms with van der Waals surface area (Å²) in [6.45, 7) is 1.37. The number of rotatable bonds is 4. The first-order chi connectivity index (χ1) is 15.0. The zero-order chi connectivity index (χ0) is 21.4. The van der Waals surface area contributed by atoms with Gasteiger partial charge in [0.25, 0.3) is 0 Å². The molecule has 1 saturated heterocycles. The van der Waals surface area contributed by atoms with Crippen LogP contribution in [0.25, 0.3) is 0 Å². The fourth-order valence-corrected chi connectivity index (χ4v) is 5.87. The minimum absolute atomic E-state index is 0.0565. The normalized spacial score (nSPS) is 22.9. The Kier molecular flexibility index (Phi) is 5.17. The van der Waals surface area contributed by atoms with Crippen LogP contribution >= 0.6 is 0 Å². The summed E-state index contributed by atoms with van der Waals surface area (Å²) >= 11 is 0. The minimum Gasteiger partial charge on any atom is -0.470 e. The van der Waals surface area contributed by atoms with Crippen molar-refractivity contribution in [2.24, 2.45) is 0 Å². The topological polar surface area (TPSA) is 75.6 Å². The van der Waals surface area contributed by atoms with Crippen molar-refractivity contribution in [3.63, 3.8) is 0 Å². The molecule has 9 heteroatoms. The Balaban J connectivity index is 1.51. The van der Waals surface area contributed by atoms with Crippen LogP contribution in [0.15, 0.2) is 71.9 Å². The highest BCUT2D eigenvalue weighted by Gasteiger charge is 2.47. The molecule has 0 aliphatic carbocycles. The molecule has 0 spiro atoms. The van der Waals surface area contributed by atoms with Gasteiger partial charge in [-0.3, -0.25) is 9.88 Å². The van der Waals surface area contributed by atoms with E-state index in [1.807, 2.05) is 11.0 Å². The molecule has 1 fully saturated rings. The van der Waals surface area contributed by atoms with E-state index in [0.29, 0.717) is 30.9 Å². The van der Waals surface area contributed by atoms with Crippen LogP contribution in [0, 0.1) is 5.82 Å². The third-order valence-electron chi connectivity index (χ3n) is 5.66. The maximum absolute atomic E-state index is 14.2. The molecule has 7 nitrogen and oxygen atoms in total. The van der Waals surface area contributed by atoms with Gasteiger partial charge < -0.3 is 4.74 Å². The summed E-state index contributed by atoms with van der Waals surface area (Å²) < 4.78 is 48.9. The first kappa shape index (κ1) is 20.0. The molecule has 0 bridgehead atoms. The van der Waals surface area contributed by atoms with Crippen molar-refractivity contribution in [2.45, 2.75) is 30.1 Å². The van der Waals surface area contributed by atoms with Gasteiger partial charge >= 0.3 is 0 Å². The molecule has 4 heterocycles. The van der Waals surface area contributed by atoms with Crippen LogP contribution in [0.2, 0.25) is 0 Å². The summed E-state index contributed by atoms with van der Waals surface area (Å²) in [7, 11) is -3.87. The van der Waals surface area contributed by atoms with E-state index in [1.54, 1.807) is 42.6 Å². The van der Waals surface area contributed by atoms with Gasteiger partial charge in [-0.25, -0.2) is 17.8 Å². The van der Waals surface area contributed by atoms with Gasteiger partial charge in [0.1, 0.15) is 16.8 Å². The predicted molar refractivity (Wildman–Crippen MR) is 111 cm³/mol. The Labute approximate surface area is 180 Å². The first-order valence-electron chi connectivity index (χ1n) is 10.0. The number of halogens is 1. The largest absolute Gasteiger partial charge is 0.470 e. The molecule has 0 radical (unpaired) electrons. The summed E-state index contributed by atoms with van der Waals surface area (Å²) in [6.07, 6.45) is 2.73. The van der Waals surface area contributed by atoms with Gasteiger partial charge in [-0.1, -0.05) is 24.3 Å². The summed E-state index contributed by atoms with van der Waals surface area (Å²) in [4.78, 5) is 10.6. The van der Waals surface area contributed by atoms with E-state index in [0.717, 1.165) is 0 Å². The van der Waals surface area contributed by atoms with Crippen molar-refractivity contribution < 1.29 is 17.5 Å². The molecule has 3 aromatic rings. The van der Waals surface area contributed by atoms with Crippen LogP contribution in [-0.2, 0) is 23.1 Å². The van der Waals surface area contributed by atoms with Gasteiger partial charge in [-0.15, -0.1) is 0 Å². The molecule has 0 amide bonds. The molecule has 2 aliphatic heterocycles. The average Bonchev–Trinajstić information content (AvgIpc) is 3.13. The quantitative estimate of drug-likeness (QED) is 0.621. The predicted octanol–water partition coefficient (Wildman–Crippen LogP) is 2.45. The summed E-state index contributed by atoms with van der Waals surface area (Å²) in [5, 5.41) is 0. The van der Waals surface area contributed by atoms with Crippen molar-refractivity contribution >= 4 is 10.0 Å². The Morgan fingerprint density at radius 1 is 0.968 bits per heavy atom. The average molecular weight is 441 g/mol. The van der Waals surface area contributed by atoms with Gasteiger partial charge in [-0.2, -0.15) is 4.31 Å². The lowest BCUT2D eigenvalue weighted by Crippen LogP contribution is -2.46. The van der Waals surface area contributed by atoms with Gasteiger partial charge in [0, 0.05) is 37.6 Å². The minimum atomic E-state index is -3.87. The molecule has 160 valence electrons. The Morgan fingerprint density at radius 3 is 2.58 bits per heavy atom. The van der Waals surface area contributed by atoms with Crippen LogP contribution in [-0.4, -0.2) is 52.8 Å². The van der Waals surface area contributed by atoms with E-state index in [1.165, 1.54) is 22.6 Å². The van der Waals surface area contributed by atoms with E-state index in [-0.39, 0.29) is 23.1 Å². The maximum Gasteiger partial charge on any atom is 0.249 e. The standard InChI is InChI=1S/C22H21FN4O3S/c23-18-8-2-1-6-16(18)12-26-14-19-20(15-26)30-22-21(9-5-11-25-22)31(28,29)27(19)13-17-7-3-4-10-24-17/h1-11,19-20H,12-15H2. The van der Waals surface area contributed by atoms with Crippen molar-refractivity contribution in [1.29, 1.82) is 0 Å². The van der Waals surface area contributed by atoms with E-state index in [9.17, 15) is 12.8 Å². The van der Waals surface area contributed by atoms with Crippen molar-refractivity contribution in [2.75, 3.05) is 13.1 Å². The van der Waals surface area contributed by atoms with E-state index in [2.05, 4.69) is 9.97 Å². The Bertz CT molecular complexity index is 1190. The molecule has 2 aromatic heterocycles. The van der Waals surface area contributed by atoms with Crippen LogP contribution in [0.1, 0.15) is 11.3 Å². The molecule has 5 rings (SSSR count). The molecule has 0 N–H and O–H groups in total. The van der Waals surface area contributed by atoms with Gasteiger partial charge in [0.2, 0.25) is 15.9 Å². The number of benzene rings is 1. The lowest BCUT2D eigenvalue weighted by molar-refractivity contribution is 0.143. The molecule has 2 atom stereocenters. The summed E-state index contributed by atoms with van der Waals surface area (Å²) in [5.41, 5.74) is 1.21. The molecular formula is C22H21FN4O3S. The number of pyridine rings is 2. The molecular weight excluding hydrogens is 419 g/mol. The maximum atomic E-state index is 14.2. The number of fused-ring (bicyclic) bond motifs is 2. The zero-order valence-electron chi connectivity index (χ0n) is 16.6. The fourth-order valence-electron chi connectivity index (χ4n) is 4.18. The monoisotopic (exact) mass is 440 g/mol. The number of ether oxygens (including phenoxy) is 1. The first-order valence-corrected chi connectivity index (χ1v) is 11.5. The van der Waals surface area contributed by atoms with Crippen molar-refractivity contribution in [1.82, 2.24) is 19.2 Å². The van der Waals surface area contributed by atoms with Crippen molar-refractivity contribution in [3.8, 4) is 5.88 Å². The number of hydrogen-bond acceptors (Lipinski definition) is 6. The number of sulfonamides is 1. The number of likely N-dealkylation sites (tertiary alicyclic amines) is 1. The highest BCUT2D eigenvalue weighted by molar-refractivity contribution is 7.89. The molecule has 1 aromatic carbocycles. The number of nitrogens with zero attached hydrogens (tertiary/aromatic N) is 4. The highest BCUT2D eigenvalue weighted by atomic mass is 32.2. The molecule has 2 aliphatic rings. The van der Waals surface area contributed by atoms with Crippen LogP contribution in [0.3, 0.4) is 0 Å². The summed E-state index contributed by atoms with van der Waals surface area (Å²) in [5.74, 6) is -0.172. The lowest BCUT2D eigenvalue weighted by atomic mass is 10.2. The van der Waals surface area contributed by atoms with Gasteiger partial charge in [0.15, 0.2) is 0 Å². The number of hydrogen-bond donors (Lipinski definition) is 0. The zero-order valence-corrected chi connectivity index (χ0v) is 17.5. The SMILES string of the molecule is O=S1(=O)c2cccnc2OC2CN(Cc3ccccc3F)CC2N1Cc1ccccn1. The highest BCUT2D eigenvalue weighted by Crippen LogP contribution is 2.36. The number of aromatic nitrogens is 2.